The van der Waals surface area contributed by atoms with Crippen LogP contribution in [0.25, 0.3) is 0 Å². The number of benzene rings is 1. The van der Waals surface area contributed by atoms with E-state index in [1.165, 1.54) is 12.4 Å². The molecule has 1 aliphatic heterocycles. The number of carbonyl (C=O) groups is 1. The molecule has 202 valence electrons. The molecule has 2 N–H and O–H groups in total. The van der Waals surface area contributed by atoms with Gasteiger partial charge in [0.2, 0.25) is 5.91 Å². The second-order valence-corrected chi connectivity index (χ2v) is 10.1. The molecular weight excluding hydrogens is 490 g/mol. The van der Waals surface area contributed by atoms with Gasteiger partial charge in [-0.1, -0.05) is 26.8 Å². The van der Waals surface area contributed by atoms with Crippen LogP contribution in [-0.2, 0) is 11.0 Å². The van der Waals surface area contributed by atoms with Crippen molar-refractivity contribution in [3.8, 4) is 0 Å². The molecule has 0 spiro atoms. The molecule has 2 aliphatic rings. The molecule has 1 saturated heterocycles. The van der Waals surface area contributed by atoms with Crippen molar-refractivity contribution in [2.24, 2.45) is 0 Å². The van der Waals surface area contributed by atoms with Gasteiger partial charge in [0.05, 0.1) is 23.3 Å². The molecule has 2 aromatic rings. The topological polar surface area (TPSA) is 81.6 Å². The molecule has 37 heavy (non-hydrogen) atoms. The fourth-order valence-electron chi connectivity index (χ4n) is 5.24. The summed E-state index contributed by atoms with van der Waals surface area (Å²) < 4.78 is 53.6. The second-order valence-electron chi connectivity index (χ2n) is 10.1. The minimum absolute atomic E-state index is 0.119. The van der Waals surface area contributed by atoms with Crippen molar-refractivity contribution in [2.75, 3.05) is 37.6 Å². The molecule has 0 unspecified atom stereocenters. The van der Waals surface area contributed by atoms with Gasteiger partial charge in [-0.05, 0) is 43.0 Å². The Bertz CT molecular complexity index is 1120. The zero-order chi connectivity index (χ0) is 26.9. The number of hydrogen-bond donors (Lipinski definition) is 2. The van der Waals surface area contributed by atoms with E-state index in [-0.39, 0.29) is 23.4 Å². The van der Waals surface area contributed by atoms with Crippen LogP contribution in [0.15, 0.2) is 24.5 Å². The number of aliphatic hydroxyl groups is 1. The maximum Gasteiger partial charge on any atom is 0.419 e. The average molecular weight is 524 g/mol. The first-order valence-corrected chi connectivity index (χ1v) is 12.6. The van der Waals surface area contributed by atoms with Crippen molar-refractivity contribution >= 4 is 11.7 Å². The molecule has 1 aliphatic carbocycles. The minimum Gasteiger partial charge on any atom is -0.387 e. The predicted molar refractivity (Wildman–Crippen MR) is 131 cm³/mol. The van der Waals surface area contributed by atoms with Crippen molar-refractivity contribution in [3.63, 3.8) is 0 Å². The number of rotatable bonds is 7. The number of piperazine rings is 1. The number of nitrogens with zero attached hydrogens (tertiary/aromatic N) is 4. The monoisotopic (exact) mass is 523 g/mol. The molecule has 7 nitrogen and oxygen atoms in total. The Hall–Kier alpha value is -2.79. The molecule has 0 radical (unpaired) electrons. The van der Waals surface area contributed by atoms with Gasteiger partial charge in [0.15, 0.2) is 0 Å². The van der Waals surface area contributed by atoms with E-state index in [1.807, 2.05) is 20.8 Å². The lowest BCUT2D eigenvalue weighted by Crippen LogP contribution is -2.50. The van der Waals surface area contributed by atoms with Crippen LogP contribution in [0.3, 0.4) is 0 Å². The van der Waals surface area contributed by atoms with Crippen molar-refractivity contribution < 1.29 is 27.5 Å². The molecule has 2 heterocycles. The van der Waals surface area contributed by atoms with Gasteiger partial charge in [-0.3, -0.25) is 4.79 Å². The first kappa shape index (κ1) is 27.3. The van der Waals surface area contributed by atoms with Crippen LogP contribution in [0, 0.1) is 5.82 Å². The summed E-state index contributed by atoms with van der Waals surface area (Å²) in [6.07, 6.45) is -3.04. The molecule has 0 saturated carbocycles. The number of amides is 1. The fraction of sp³-hybridized carbons (Fsp3) is 0.577. The van der Waals surface area contributed by atoms with E-state index in [2.05, 4.69) is 20.2 Å². The second kappa shape index (κ2) is 10.9. The molecular formula is C26H33F4N5O2. The fourth-order valence-corrected chi connectivity index (χ4v) is 5.24. The molecule has 1 aromatic carbocycles. The SMILES string of the molecule is CC(C)NCC[C@@H](C(=O)N1CCN(c2ncnc3c2[C@H](C)C[C@H]3O)CC1)c1ccc(C(F)(F)F)c(F)c1. The van der Waals surface area contributed by atoms with Crippen molar-refractivity contribution in [1.82, 2.24) is 20.2 Å². The lowest BCUT2D eigenvalue weighted by molar-refractivity contribution is -0.140. The highest BCUT2D eigenvalue weighted by atomic mass is 19.4. The summed E-state index contributed by atoms with van der Waals surface area (Å²) in [5, 5.41) is 13.5. The number of aliphatic hydroxyl groups excluding tert-OH is 1. The Morgan fingerprint density at radius 3 is 2.51 bits per heavy atom. The summed E-state index contributed by atoms with van der Waals surface area (Å²) in [4.78, 5) is 26.1. The number of halogens is 4. The Balaban J connectivity index is 1.50. The summed E-state index contributed by atoms with van der Waals surface area (Å²) in [7, 11) is 0. The lowest BCUT2D eigenvalue weighted by atomic mass is 9.92. The molecule has 1 aromatic heterocycles. The zero-order valence-electron chi connectivity index (χ0n) is 21.2. The highest BCUT2D eigenvalue weighted by Gasteiger charge is 2.37. The van der Waals surface area contributed by atoms with E-state index < -0.39 is 29.6 Å². The normalized spacial score (nSPS) is 20.9. The lowest BCUT2D eigenvalue weighted by Gasteiger charge is -2.38. The minimum atomic E-state index is -4.80. The van der Waals surface area contributed by atoms with E-state index in [0.29, 0.717) is 57.3 Å². The van der Waals surface area contributed by atoms with Crippen molar-refractivity contribution in [2.45, 2.75) is 63.8 Å². The molecule has 11 heteroatoms. The quantitative estimate of drug-likeness (QED) is 0.534. The van der Waals surface area contributed by atoms with Gasteiger partial charge in [-0.25, -0.2) is 14.4 Å². The summed E-state index contributed by atoms with van der Waals surface area (Å²) in [5.41, 5.74) is 0.485. The third-order valence-corrected chi connectivity index (χ3v) is 7.15. The van der Waals surface area contributed by atoms with Gasteiger partial charge in [-0.15, -0.1) is 0 Å². The van der Waals surface area contributed by atoms with Gasteiger partial charge in [0.25, 0.3) is 0 Å². The standard InChI is InChI=1S/C26H33F4N5O2/c1-15(2)31-7-6-18(17-4-5-19(20(27)13-17)26(28,29)30)25(37)35-10-8-34(9-11-35)24-22-16(3)12-21(36)23(22)32-14-33-24/h4-5,13-16,18,21,31,36H,6-12H2,1-3H3/t16-,18-,21-/m1/s1. The van der Waals surface area contributed by atoms with Crippen molar-refractivity contribution in [1.29, 1.82) is 0 Å². The maximum absolute atomic E-state index is 14.4. The first-order valence-electron chi connectivity index (χ1n) is 12.6. The van der Waals surface area contributed by atoms with Crippen molar-refractivity contribution in [3.05, 3.63) is 52.7 Å². The number of aromatic nitrogens is 2. The number of alkyl halides is 3. The zero-order valence-corrected chi connectivity index (χ0v) is 21.2. The molecule has 1 amide bonds. The van der Waals surface area contributed by atoms with Crippen LogP contribution in [0.1, 0.15) is 73.9 Å². The van der Waals surface area contributed by atoms with E-state index in [9.17, 15) is 27.5 Å². The largest absolute Gasteiger partial charge is 0.419 e. The molecule has 4 rings (SSSR count). The maximum atomic E-state index is 14.4. The predicted octanol–water partition coefficient (Wildman–Crippen LogP) is 4.00. The van der Waals surface area contributed by atoms with E-state index in [1.54, 1.807) is 4.90 Å². The summed E-state index contributed by atoms with van der Waals surface area (Å²) in [6.45, 7) is 8.21. The average Bonchev–Trinajstić information content (AvgIpc) is 3.14. The number of nitrogens with one attached hydrogen (secondary N) is 1. The van der Waals surface area contributed by atoms with Gasteiger partial charge in [0, 0.05) is 37.8 Å². The van der Waals surface area contributed by atoms with Crippen LogP contribution >= 0.6 is 0 Å². The highest BCUT2D eigenvalue weighted by molar-refractivity contribution is 5.84. The van der Waals surface area contributed by atoms with E-state index in [4.69, 9.17) is 0 Å². The Labute approximate surface area is 213 Å². The number of anilines is 1. The number of fused-ring (bicyclic) bond motifs is 1. The van der Waals surface area contributed by atoms with Crippen LogP contribution in [0.5, 0.6) is 0 Å². The molecule has 0 bridgehead atoms. The molecule has 1 fully saturated rings. The van der Waals surface area contributed by atoms with E-state index in [0.717, 1.165) is 17.4 Å². The summed E-state index contributed by atoms with van der Waals surface area (Å²) in [6, 6.07) is 2.92. The van der Waals surface area contributed by atoms with E-state index >= 15 is 0 Å². The van der Waals surface area contributed by atoms with Crippen LogP contribution < -0.4 is 10.2 Å². The first-order chi connectivity index (χ1) is 17.5. The smallest absolute Gasteiger partial charge is 0.387 e. The summed E-state index contributed by atoms with van der Waals surface area (Å²) in [5.74, 6) is -1.50. The summed E-state index contributed by atoms with van der Waals surface area (Å²) >= 11 is 0. The number of carbonyl (C=O) groups excluding carboxylic acids is 1. The third-order valence-electron chi connectivity index (χ3n) is 7.15. The Morgan fingerprint density at radius 2 is 1.89 bits per heavy atom. The van der Waals surface area contributed by atoms with Crippen LogP contribution in [0.2, 0.25) is 0 Å². The Morgan fingerprint density at radius 1 is 1.19 bits per heavy atom. The van der Waals surface area contributed by atoms with Crippen LogP contribution in [0.4, 0.5) is 23.4 Å². The van der Waals surface area contributed by atoms with Gasteiger partial charge >= 0.3 is 6.18 Å². The highest BCUT2D eigenvalue weighted by Crippen LogP contribution is 2.43. The molecule has 3 atom stereocenters. The van der Waals surface area contributed by atoms with Gasteiger partial charge in [-0.2, -0.15) is 13.2 Å². The van der Waals surface area contributed by atoms with Gasteiger partial charge < -0.3 is 20.2 Å². The van der Waals surface area contributed by atoms with Gasteiger partial charge in [0.1, 0.15) is 18.0 Å². The number of hydrogen-bond acceptors (Lipinski definition) is 6. The van der Waals surface area contributed by atoms with Crippen LogP contribution in [-0.4, -0.2) is 64.6 Å². The third kappa shape index (κ3) is 5.87. The Kier molecular flexibility index (Phi) is 8.03.